The van der Waals surface area contributed by atoms with Gasteiger partial charge < -0.3 is 14.6 Å². The van der Waals surface area contributed by atoms with Crippen molar-refractivity contribution in [3.63, 3.8) is 0 Å². The Morgan fingerprint density at radius 3 is 2.05 bits per heavy atom. The predicted octanol–water partition coefficient (Wildman–Crippen LogP) is 2.92. The Morgan fingerprint density at radius 1 is 1.16 bits per heavy atom. The number of carboxylic acids is 1. The van der Waals surface area contributed by atoms with E-state index >= 15 is 0 Å². The van der Waals surface area contributed by atoms with E-state index in [2.05, 4.69) is 19.6 Å². The van der Waals surface area contributed by atoms with E-state index in [0.29, 0.717) is 11.5 Å². The van der Waals surface area contributed by atoms with Crippen LogP contribution in [0.15, 0.2) is 18.2 Å². The highest BCUT2D eigenvalue weighted by Crippen LogP contribution is 2.38. The van der Waals surface area contributed by atoms with Gasteiger partial charge in [-0.3, -0.25) is 4.79 Å². The Hall–Kier alpha value is -1.49. The van der Waals surface area contributed by atoms with Crippen molar-refractivity contribution in [1.29, 1.82) is 0 Å². The summed E-state index contributed by atoms with van der Waals surface area (Å²) in [5.41, 5.74) is 0.761. The molecule has 1 rings (SSSR count). The van der Waals surface area contributed by atoms with Crippen LogP contribution in [-0.2, 0) is 9.83 Å². The smallest absolute Gasteiger partial charge is 0.310 e. The van der Waals surface area contributed by atoms with E-state index in [1.54, 1.807) is 33.3 Å². The second kappa shape index (κ2) is 5.25. The largest absolute Gasteiger partial charge is 0.493 e. The molecule has 1 N–H and O–H groups in total. The monoisotopic (exact) mass is 282 g/mol. The fourth-order valence-corrected chi connectivity index (χ4v) is 3.69. The molecule has 1 atom stereocenters. The van der Waals surface area contributed by atoms with E-state index in [4.69, 9.17) is 9.47 Å². The van der Waals surface area contributed by atoms with Crippen molar-refractivity contribution in [2.24, 2.45) is 0 Å². The molecule has 0 aliphatic rings. The number of benzene rings is 1. The maximum atomic E-state index is 11.8. The van der Waals surface area contributed by atoms with Crippen molar-refractivity contribution >= 4 is 14.0 Å². The van der Waals surface area contributed by atoms with Gasteiger partial charge in [0.05, 0.1) is 27.3 Å². The summed E-state index contributed by atoms with van der Waals surface area (Å²) >= 11 is 0. The van der Waals surface area contributed by atoms with Gasteiger partial charge in [-0.2, -0.15) is 0 Å². The van der Waals surface area contributed by atoms with E-state index in [9.17, 15) is 9.90 Å². The summed E-state index contributed by atoms with van der Waals surface area (Å²) in [6.45, 7) is 7.95. The first-order valence-electron chi connectivity index (χ1n) is 6.14. The van der Waals surface area contributed by atoms with Crippen LogP contribution < -0.4 is 9.47 Å². The zero-order valence-electron chi connectivity index (χ0n) is 12.4. The molecule has 0 aromatic heterocycles. The standard InChI is InChI=1S/C14H22O4Si/c1-14(13(15)16,19(4,5)6)10-7-8-11(17-2)12(9-10)18-3/h7-9H,1-6H3,(H,15,16). The van der Waals surface area contributed by atoms with Crippen LogP contribution in [-0.4, -0.2) is 33.4 Å². The third-order valence-electron chi connectivity index (χ3n) is 3.89. The molecule has 4 nitrogen and oxygen atoms in total. The molecule has 19 heavy (non-hydrogen) atoms. The summed E-state index contributed by atoms with van der Waals surface area (Å²) in [4.78, 5) is 11.8. The molecule has 0 saturated carbocycles. The number of ether oxygens (including phenoxy) is 2. The molecule has 106 valence electrons. The number of carbonyl (C=O) groups is 1. The van der Waals surface area contributed by atoms with Crippen LogP contribution in [0.25, 0.3) is 0 Å². The molecule has 1 aromatic rings. The normalized spacial score (nSPS) is 14.6. The van der Waals surface area contributed by atoms with Crippen LogP contribution in [0.5, 0.6) is 11.5 Å². The Morgan fingerprint density at radius 2 is 1.68 bits per heavy atom. The topological polar surface area (TPSA) is 55.8 Å². The van der Waals surface area contributed by atoms with Crippen molar-refractivity contribution in [2.45, 2.75) is 31.6 Å². The van der Waals surface area contributed by atoms with Crippen molar-refractivity contribution in [1.82, 2.24) is 0 Å². The third kappa shape index (κ3) is 2.61. The van der Waals surface area contributed by atoms with Crippen LogP contribution in [0, 0.1) is 0 Å². The molecule has 0 fully saturated rings. The molecule has 0 amide bonds. The highest BCUT2D eigenvalue weighted by Gasteiger charge is 2.47. The van der Waals surface area contributed by atoms with E-state index in [0.717, 1.165) is 5.56 Å². The molecule has 0 aliphatic heterocycles. The van der Waals surface area contributed by atoms with E-state index < -0.39 is 19.1 Å². The average Bonchev–Trinajstić information content (AvgIpc) is 2.35. The van der Waals surface area contributed by atoms with Crippen LogP contribution >= 0.6 is 0 Å². The fraction of sp³-hybridized carbons (Fsp3) is 0.500. The van der Waals surface area contributed by atoms with Crippen LogP contribution in [0.2, 0.25) is 19.6 Å². The van der Waals surface area contributed by atoms with Gasteiger partial charge in [0.2, 0.25) is 0 Å². The molecular formula is C14H22O4Si. The van der Waals surface area contributed by atoms with Gasteiger partial charge in [-0.05, 0) is 24.6 Å². The van der Waals surface area contributed by atoms with Crippen LogP contribution in [0.3, 0.4) is 0 Å². The van der Waals surface area contributed by atoms with Gasteiger partial charge in [-0.1, -0.05) is 25.7 Å². The molecule has 5 heteroatoms. The minimum Gasteiger partial charge on any atom is -0.493 e. The summed E-state index contributed by atoms with van der Waals surface area (Å²) in [5, 5.41) is 8.81. The lowest BCUT2D eigenvalue weighted by Crippen LogP contribution is -2.53. The molecule has 0 heterocycles. The van der Waals surface area contributed by atoms with Gasteiger partial charge in [0.1, 0.15) is 0 Å². The molecule has 0 bridgehead atoms. The summed E-state index contributed by atoms with van der Waals surface area (Å²) in [7, 11) is 1.14. The second-order valence-corrected chi connectivity index (χ2v) is 11.2. The first-order chi connectivity index (χ1) is 8.68. The number of methoxy groups -OCH3 is 2. The van der Waals surface area contributed by atoms with Gasteiger partial charge in [-0.25, -0.2) is 0 Å². The summed E-state index contributed by atoms with van der Waals surface area (Å²) in [6.07, 6.45) is 0. The van der Waals surface area contributed by atoms with Gasteiger partial charge in [0.25, 0.3) is 0 Å². The van der Waals surface area contributed by atoms with Crippen molar-refractivity contribution in [3.8, 4) is 11.5 Å². The number of hydrogen-bond donors (Lipinski definition) is 1. The van der Waals surface area contributed by atoms with Crippen molar-refractivity contribution in [2.75, 3.05) is 14.2 Å². The van der Waals surface area contributed by atoms with Crippen molar-refractivity contribution in [3.05, 3.63) is 23.8 Å². The average molecular weight is 282 g/mol. The number of rotatable bonds is 5. The molecular weight excluding hydrogens is 260 g/mol. The maximum Gasteiger partial charge on any atom is 0.310 e. The fourth-order valence-electron chi connectivity index (χ4n) is 2.02. The summed E-state index contributed by atoms with van der Waals surface area (Å²) in [5.74, 6) is 0.374. The minimum absolute atomic E-state index is 0.561. The lowest BCUT2D eigenvalue weighted by molar-refractivity contribution is -0.140. The molecule has 0 aliphatic carbocycles. The summed E-state index contributed by atoms with van der Waals surface area (Å²) in [6, 6.07) is 5.34. The number of carboxylic acid groups (broad SMARTS) is 1. The summed E-state index contributed by atoms with van der Waals surface area (Å²) < 4.78 is 10.5. The quantitative estimate of drug-likeness (QED) is 0.844. The zero-order chi connectivity index (χ0) is 14.8. The van der Waals surface area contributed by atoms with Gasteiger partial charge in [-0.15, -0.1) is 0 Å². The number of hydrogen-bond acceptors (Lipinski definition) is 3. The zero-order valence-corrected chi connectivity index (χ0v) is 13.4. The predicted molar refractivity (Wildman–Crippen MR) is 77.9 cm³/mol. The maximum absolute atomic E-state index is 11.8. The first kappa shape index (κ1) is 15.6. The van der Waals surface area contributed by atoms with Crippen LogP contribution in [0.1, 0.15) is 12.5 Å². The minimum atomic E-state index is -1.97. The molecule has 0 saturated heterocycles. The number of aliphatic carboxylic acids is 1. The Labute approximate surface area is 115 Å². The Balaban J connectivity index is 3.45. The molecule has 0 spiro atoms. The first-order valence-corrected chi connectivity index (χ1v) is 9.64. The SMILES string of the molecule is COc1ccc(C(C)(C(=O)O)[Si](C)(C)C)cc1OC. The van der Waals surface area contributed by atoms with E-state index in [-0.39, 0.29) is 0 Å². The Kier molecular flexibility index (Phi) is 4.30. The van der Waals surface area contributed by atoms with Gasteiger partial charge in [0, 0.05) is 0 Å². The molecule has 0 radical (unpaired) electrons. The highest BCUT2D eigenvalue weighted by atomic mass is 28.3. The highest BCUT2D eigenvalue weighted by molar-refractivity contribution is 6.82. The third-order valence-corrected chi connectivity index (χ3v) is 7.39. The van der Waals surface area contributed by atoms with Gasteiger partial charge in [0.15, 0.2) is 11.5 Å². The molecule has 1 unspecified atom stereocenters. The lowest BCUT2D eigenvalue weighted by Gasteiger charge is -2.37. The van der Waals surface area contributed by atoms with Crippen LogP contribution in [0.4, 0.5) is 0 Å². The van der Waals surface area contributed by atoms with E-state index in [1.165, 1.54) is 0 Å². The van der Waals surface area contributed by atoms with Crippen molar-refractivity contribution < 1.29 is 19.4 Å². The van der Waals surface area contributed by atoms with Gasteiger partial charge >= 0.3 is 5.97 Å². The lowest BCUT2D eigenvalue weighted by atomic mass is 9.99. The second-order valence-electron chi connectivity index (χ2n) is 5.75. The van der Waals surface area contributed by atoms with E-state index in [1.807, 2.05) is 6.07 Å². The Bertz CT molecular complexity index is 479. The molecule has 1 aromatic carbocycles.